The van der Waals surface area contributed by atoms with Gasteiger partial charge in [0.05, 0.1) is 11.2 Å². The molecule has 17 heavy (non-hydrogen) atoms. The van der Waals surface area contributed by atoms with Crippen LogP contribution >= 0.6 is 0 Å². The standard InChI is InChI=1S/C13H15FN2O/c14-10-7-9(8-1-2-8)3-4-11(10)16-12(17)13(15)5-6-13/h3-4,7-8H,1-2,5-6,15H2,(H,16,17). The lowest BCUT2D eigenvalue weighted by atomic mass is 10.1. The molecule has 3 N–H and O–H groups in total. The quantitative estimate of drug-likeness (QED) is 0.841. The molecule has 0 saturated heterocycles. The number of benzene rings is 1. The predicted octanol–water partition coefficient (Wildman–Crippen LogP) is 2.13. The molecule has 0 atom stereocenters. The van der Waals surface area contributed by atoms with Crippen molar-refractivity contribution in [2.45, 2.75) is 37.1 Å². The highest BCUT2D eigenvalue weighted by molar-refractivity contribution is 6.00. The van der Waals surface area contributed by atoms with Gasteiger partial charge in [-0.05, 0) is 49.3 Å². The Kier molecular flexibility index (Phi) is 2.23. The molecule has 1 amide bonds. The molecule has 4 heteroatoms. The molecule has 2 aliphatic rings. The van der Waals surface area contributed by atoms with E-state index in [1.165, 1.54) is 6.07 Å². The number of halogens is 1. The molecule has 1 aromatic carbocycles. The van der Waals surface area contributed by atoms with Gasteiger partial charge in [0, 0.05) is 0 Å². The van der Waals surface area contributed by atoms with Crippen LogP contribution in [0.15, 0.2) is 18.2 Å². The van der Waals surface area contributed by atoms with Crippen LogP contribution in [0.25, 0.3) is 0 Å². The molecule has 0 aromatic heterocycles. The number of amides is 1. The van der Waals surface area contributed by atoms with Crippen molar-refractivity contribution in [3.8, 4) is 0 Å². The number of carbonyl (C=O) groups is 1. The summed E-state index contributed by atoms with van der Waals surface area (Å²) in [5.74, 6) is -0.138. The van der Waals surface area contributed by atoms with E-state index in [-0.39, 0.29) is 17.4 Å². The third-order valence-electron chi connectivity index (χ3n) is 3.53. The highest BCUT2D eigenvalue weighted by atomic mass is 19.1. The Bertz CT molecular complexity index is 478. The van der Waals surface area contributed by atoms with Crippen molar-refractivity contribution in [3.05, 3.63) is 29.6 Å². The average molecular weight is 234 g/mol. The highest BCUT2D eigenvalue weighted by Crippen LogP contribution is 2.41. The van der Waals surface area contributed by atoms with E-state index in [2.05, 4.69) is 5.32 Å². The van der Waals surface area contributed by atoms with E-state index < -0.39 is 5.54 Å². The SMILES string of the molecule is NC1(C(=O)Nc2ccc(C3CC3)cc2F)CC1. The summed E-state index contributed by atoms with van der Waals surface area (Å²) in [6.45, 7) is 0. The summed E-state index contributed by atoms with van der Waals surface area (Å²) >= 11 is 0. The predicted molar refractivity (Wildman–Crippen MR) is 63.2 cm³/mol. The van der Waals surface area contributed by atoms with Crippen molar-refractivity contribution in [1.29, 1.82) is 0 Å². The largest absolute Gasteiger partial charge is 0.322 e. The Balaban J connectivity index is 1.76. The number of hydrogen-bond acceptors (Lipinski definition) is 2. The first-order valence-electron chi connectivity index (χ1n) is 5.98. The zero-order valence-electron chi connectivity index (χ0n) is 9.50. The molecule has 2 saturated carbocycles. The smallest absolute Gasteiger partial charge is 0.244 e. The second-order valence-corrected chi connectivity index (χ2v) is 5.12. The van der Waals surface area contributed by atoms with Gasteiger partial charge in [0.2, 0.25) is 5.91 Å². The molecule has 90 valence electrons. The first-order valence-corrected chi connectivity index (χ1v) is 5.98. The van der Waals surface area contributed by atoms with Crippen LogP contribution in [0.3, 0.4) is 0 Å². The van der Waals surface area contributed by atoms with Crippen LogP contribution in [0.5, 0.6) is 0 Å². The van der Waals surface area contributed by atoms with E-state index in [9.17, 15) is 9.18 Å². The molecule has 0 bridgehead atoms. The van der Waals surface area contributed by atoms with E-state index in [0.717, 1.165) is 18.4 Å². The molecule has 0 aliphatic heterocycles. The lowest BCUT2D eigenvalue weighted by Gasteiger charge is -2.11. The average Bonchev–Trinajstić information content (AvgIpc) is 3.15. The van der Waals surface area contributed by atoms with E-state index in [1.807, 2.05) is 6.07 Å². The summed E-state index contributed by atoms with van der Waals surface area (Å²) in [5.41, 5.74) is 6.23. The fourth-order valence-electron chi connectivity index (χ4n) is 1.91. The van der Waals surface area contributed by atoms with Gasteiger partial charge in [-0.25, -0.2) is 4.39 Å². The van der Waals surface area contributed by atoms with Crippen LogP contribution in [0.2, 0.25) is 0 Å². The molecule has 0 radical (unpaired) electrons. The van der Waals surface area contributed by atoms with Crippen LogP contribution in [-0.4, -0.2) is 11.4 Å². The third kappa shape index (κ3) is 2.05. The van der Waals surface area contributed by atoms with Gasteiger partial charge in [-0.3, -0.25) is 4.79 Å². The Hall–Kier alpha value is -1.42. The number of nitrogens with one attached hydrogen (secondary N) is 1. The van der Waals surface area contributed by atoms with E-state index in [0.29, 0.717) is 18.8 Å². The van der Waals surface area contributed by atoms with E-state index >= 15 is 0 Å². The number of hydrogen-bond donors (Lipinski definition) is 2. The topological polar surface area (TPSA) is 55.1 Å². The van der Waals surface area contributed by atoms with Crippen LogP contribution in [0.1, 0.15) is 37.2 Å². The fourth-order valence-corrected chi connectivity index (χ4v) is 1.91. The Morgan fingerprint density at radius 1 is 1.41 bits per heavy atom. The minimum Gasteiger partial charge on any atom is -0.322 e. The van der Waals surface area contributed by atoms with Gasteiger partial charge in [0.25, 0.3) is 0 Å². The lowest BCUT2D eigenvalue weighted by Crippen LogP contribution is -2.38. The molecule has 2 aliphatic carbocycles. The number of nitrogens with two attached hydrogens (primary N) is 1. The lowest BCUT2D eigenvalue weighted by molar-refractivity contribution is -0.118. The molecule has 2 fully saturated rings. The normalized spacial score (nSPS) is 21.1. The molecule has 0 spiro atoms. The van der Waals surface area contributed by atoms with Crippen molar-refractivity contribution < 1.29 is 9.18 Å². The summed E-state index contributed by atoms with van der Waals surface area (Å²) in [4.78, 5) is 11.7. The van der Waals surface area contributed by atoms with Crippen molar-refractivity contribution in [2.75, 3.05) is 5.32 Å². The van der Waals surface area contributed by atoms with Crippen LogP contribution in [0.4, 0.5) is 10.1 Å². The molecular formula is C13H15FN2O. The number of rotatable bonds is 3. The maximum atomic E-state index is 13.8. The first-order chi connectivity index (χ1) is 8.08. The molecular weight excluding hydrogens is 219 g/mol. The van der Waals surface area contributed by atoms with Gasteiger partial charge < -0.3 is 11.1 Å². The highest BCUT2D eigenvalue weighted by Gasteiger charge is 2.46. The van der Waals surface area contributed by atoms with Gasteiger partial charge in [0.15, 0.2) is 0 Å². The van der Waals surface area contributed by atoms with Crippen LogP contribution in [-0.2, 0) is 4.79 Å². The zero-order chi connectivity index (χ0) is 12.0. The van der Waals surface area contributed by atoms with Gasteiger partial charge in [-0.15, -0.1) is 0 Å². The molecule has 0 heterocycles. The van der Waals surface area contributed by atoms with Crippen molar-refractivity contribution >= 4 is 11.6 Å². The molecule has 3 rings (SSSR count). The maximum Gasteiger partial charge on any atom is 0.244 e. The second kappa shape index (κ2) is 3.53. The number of anilines is 1. The van der Waals surface area contributed by atoms with Crippen molar-refractivity contribution in [1.82, 2.24) is 0 Å². The van der Waals surface area contributed by atoms with Crippen molar-refractivity contribution in [2.24, 2.45) is 5.73 Å². The Morgan fingerprint density at radius 2 is 2.12 bits per heavy atom. The summed E-state index contributed by atoms with van der Waals surface area (Å²) < 4.78 is 13.8. The van der Waals surface area contributed by atoms with Crippen LogP contribution in [0, 0.1) is 5.82 Å². The van der Waals surface area contributed by atoms with Gasteiger partial charge in [-0.1, -0.05) is 6.07 Å². The monoisotopic (exact) mass is 234 g/mol. The fraction of sp³-hybridized carbons (Fsp3) is 0.462. The number of carbonyl (C=O) groups excluding carboxylic acids is 1. The summed E-state index contributed by atoms with van der Waals surface area (Å²) in [6, 6.07) is 5.03. The second-order valence-electron chi connectivity index (χ2n) is 5.12. The maximum absolute atomic E-state index is 13.8. The molecule has 3 nitrogen and oxygen atoms in total. The van der Waals surface area contributed by atoms with Crippen molar-refractivity contribution in [3.63, 3.8) is 0 Å². The minimum absolute atomic E-state index is 0.233. The van der Waals surface area contributed by atoms with E-state index in [4.69, 9.17) is 5.73 Å². The summed E-state index contributed by atoms with van der Waals surface area (Å²) in [7, 11) is 0. The molecule has 0 unspecified atom stereocenters. The Labute approximate surface area is 99.2 Å². The van der Waals surface area contributed by atoms with Gasteiger partial charge >= 0.3 is 0 Å². The minimum atomic E-state index is -0.762. The Morgan fingerprint density at radius 3 is 2.65 bits per heavy atom. The third-order valence-corrected chi connectivity index (χ3v) is 3.53. The van der Waals surface area contributed by atoms with E-state index in [1.54, 1.807) is 6.07 Å². The summed E-state index contributed by atoms with van der Waals surface area (Å²) in [6.07, 6.45) is 3.63. The van der Waals surface area contributed by atoms with Gasteiger partial charge in [-0.2, -0.15) is 0 Å². The first kappa shape index (κ1) is 10.7. The zero-order valence-corrected chi connectivity index (χ0v) is 9.50. The van der Waals surface area contributed by atoms with Crippen LogP contribution < -0.4 is 11.1 Å². The molecule has 1 aromatic rings. The summed E-state index contributed by atoms with van der Waals surface area (Å²) in [5, 5.41) is 2.56. The van der Waals surface area contributed by atoms with Gasteiger partial charge in [0.1, 0.15) is 5.82 Å².